The van der Waals surface area contributed by atoms with Crippen molar-refractivity contribution in [1.29, 1.82) is 0 Å². The molecule has 106 valence electrons. The van der Waals surface area contributed by atoms with Crippen LogP contribution in [0.3, 0.4) is 0 Å². The molecule has 0 aliphatic heterocycles. The molecule has 1 aromatic rings. The molecule has 0 aromatic heterocycles. The van der Waals surface area contributed by atoms with Crippen molar-refractivity contribution in [3.63, 3.8) is 0 Å². The Morgan fingerprint density at radius 2 is 1.95 bits per heavy atom. The van der Waals surface area contributed by atoms with Gasteiger partial charge in [0.2, 0.25) is 10.0 Å². The molecular formula is C11H13Br2NO4S. The summed E-state index contributed by atoms with van der Waals surface area (Å²) < 4.78 is 27.6. The normalized spacial score (nSPS) is 13.3. The van der Waals surface area contributed by atoms with Gasteiger partial charge in [0, 0.05) is 15.5 Å². The summed E-state index contributed by atoms with van der Waals surface area (Å²) in [6.45, 7) is 3.12. The SMILES string of the molecule is Cc1cc(Br)c(S(=O)(=O)NCC(C)C(=O)O)cc1Br. The summed E-state index contributed by atoms with van der Waals surface area (Å²) in [5.41, 5.74) is 0.893. The molecule has 1 unspecified atom stereocenters. The quantitative estimate of drug-likeness (QED) is 0.775. The van der Waals surface area contributed by atoms with Crippen LogP contribution >= 0.6 is 31.9 Å². The number of carboxylic acid groups (broad SMARTS) is 1. The first-order chi connectivity index (χ1) is 8.65. The first kappa shape index (κ1) is 16.6. The fraction of sp³-hybridized carbons (Fsp3) is 0.364. The van der Waals surface area contributed by atoms with Crippen LogP contribution in [-0.2, 0) is 14.8 Å². The van der Waals surface area contributed by atoms with E-state index in [-0.39, 0.29) is 11.4 Å². The van der Waals surface area contributed by atoms with Gasteiger partial charge < -0.3 is 5.11 Å². The zero-order valence-electron chi connectivity index (χ0n) is 10.3. The molecule has 8 heteroatoms. The number of carboxylic acids is 1. The molecule has 2 N–H and O–H groups in total. The Labute approximate surface area is 128 Å². The molecule has 0 saturated heterocycles. The fourth-order valence-electron chi connectivity index (χ4n) is 1.23. The van der Waals surface area contributed by atoms with Crippen LogP contribution in [0.4, 0.5) is 0 Å². The van der Waals surface area contributed by atoms with E-state index >= 15 is 0 Å². The number of hydrogen-bond donors (Lipinski definition) is 2. The summed E-state index contributed by atoms with van der Waals surface area (Å²) in [6.07, 6.45) is 0. The van der Waals surface area contributed by atoms with Crippen molar-refractivity contribution >= 4 is 47.9 Å². The topological polar surface area (TPSA) is 83.5 Å². The number of sulfonamides is 1. The molecule has 0 aliphatic rings. The lowest BCUT2D eigenvalue weighted by atomic mass is 10.2. The van der Waals surface area contributed by atoms with Crippen LogP contribution < -0.4 is 4.72 Å². The van der Waals surface area contributed by atoms with Crippen LogP contribution in [-0.4, -0.2) is 26.0 Å². The van der Waals surface area contributed by atoms with Crippen molar-refractivity contribution in [2.45, 2.75) is 18.7 Å². The zero-order chi connectivity index (χ0) is 14.8. The smallest absolute Gasteiger partial charge is 0.307 e. The highest BCUT2D eigenvalue weighted by Crippen LogP contribution is 2.28. The summed E-state index contributed by atoms with van der Waals surface area (Å²) in [5, 5.41) is 8.73. The van der Waals surface area contributed by atoms with Gasteiger partial charge in [0.25, 0.3) is 0 Å². The number of rotatable bonds is 5. The van der Waals surface area contributed by atoms with Crippen LogP contribution in [0.15, 0.2) is 26.0 Å². The van der Waals surface area contributed by atoms with Crippen LogP contribution in [0, 0.1) is 12.8 Å². The van der Waals surface area contributed by atoms with Crippen molar-refractivity contribution in [2.75, 3.05) is 6.54 Å². The van der Waals surface area contributed by atoms with Crippen LogP contribution in [0.1, 0.15) is 12.5 Å². The number of benzene rings is 1. The predicted octanol–water partition coefficient (Wildman–Crippen LogP) is 2.52. The molecule has 0 radical (unpaired) electrons. The summed E-state index contributed by atoms with van der Waals surface area (Å²) >= 11 is 6.47. The fourth-order valence-corrected chi connectivity index (χ4v) is 4.04. The highest BCUT2D eigenvalue weighted by molar-refractivity contribution is 9.11. The minimum atomic E-state index is -3.75. The third kappa shape index (κ3) is 4.27. The molecule has 0 fully saturated rings. The van der Waals surface area contributed by atoms with Crippen molar-refractivity contribution in [1.82, 2.24) is 4.72 Å². The van der Waals surface area contributed by atoms with E-state index in [0.29, 0.717) is 8.95 Å². The monoisotopic (exact) mass is 413 g/mol. The molecule has 0 bridgehead atoms. The summed E-state index contributed by atoms with van der Waals surface area (Å²) in [4.78, 5) is 10.7. The Hall–Kier alpha value is -0.440. The lowest BCUT2D eigenvalue weighted by Gasteiger charge is -2.12. The summed E-state index contributed by atoms with van der Waals surface area (Å²) in [5.74, 6) is -1.84. The highest BCUT2D eigenvalue weighted by Gasteiger charge is 2.21. The summed E-state index contributed by atoms with van der Waals surface area (Å²) in [6, 6.07) is 3.16. The van der Waals surface area contributed by atoms with E-state index in [2.05, 4.69) is 36.6 Å². The minimum absolute atomic E-state index is 0.0718. The van der Waals surface area contributed by atoms with E-state index in [4.69, 9.17) is 5.11 Å². The Bertz CT molecular complexity index is 601. The van der Waals surface area contributed by atoms with Crippen molar-refractivity contribution in [2.24, 2.45) is 5.92 Å². The van der Waals surface area contributed by atoms with Crippen LogP contribution in [0.25, 0.3) is 0 Å². The molecular weight excluding hydrogens is 402 g/mol. The molecule has 5 nitrogen and oxygen atoms in total. The van der Waals surface area contributed by atoms with Gasteiger partial charge in [-0.25, -0.2) is 13.1 Å². The molecule has 1 rings (SSSR count). The van der Waals surface area contributed by atoms with Gasteiger partial charge in [-0.2, -0.15) is 0 Å². The third-order valence-electron chi connectivity index (χ3n) is 2.50. The molecule has 0 aliphatic carbocycles. The van der Waals surface area contributed by atoms with E-state index in [0.717, 1.165) is 5.56 Å². The number of aryl methyl sites for hydroxylation is 1. The Morgan fingerprint density at radius 3 is 2.47 bits per heavy atom. The van der Waals surface area contributed by atoms with Gasteiger partial charge in [-0.05, 0) is 40.5 Å². The Morgan fingerprint density at radius 1 is 1.37 bits per heavy atom. The molecule has 1 atom stereocenters. The zero-order valence-corrected chi connectivity index (χ0v) is 14.3. The van der Waals surface area contributed by atoms with Crippen molar-refractivity contribution < 1.29 is 18.3 Å². The number of hydrogen-bond acceptors (Lipinski definition) is 3. The van der Waals surface area contributed by atoms with Gasteiger partial charge in [0.1, 0.15) is 0 Å². The second kappa shape index (κ2) is 6.34. The standard InChI is InChI=1S/C11H13Br2NO4S/c1-6-3-9(13)10(4-8(6)12)19(17,18)14-5-7(2)11(15)16/h3-4,7,14H,5H2,1-2H3,(H,15,16). The maximum atomic E-state index is 12.1. The molecule has 1 aromatic carbocycles. The van der Waals surface area contributed by atoms with Gasteiger partial charge in [-0.1, -0.05) is 22.9 Å². The lowest BCUT2D eigenvalue weighted by Crippen LogP contribution is -2.31. The second-order valence-corrected chi connectivity index (χ2v) is 7.57. The van der Waals surface area contributed by atoms with Crippen molar-refractivity contribution in [3.05, 3.63) is 26.6 Å². The van der Waals surface area contributed by atoms with Gasteiger partial charge in [-0.15, -0.1) is 0 Å². The number of nitrogens with one attached hydrogen (secondary N) is 1. The minimum Gasteiger partial charge on any atom is -0.481 e. The molecule has 19 heavy (non-hydrogen) atoms. The van der Waals surface area contributed by atoms with Crippen LogP contribution in [0.5, 0.6) is 0 Å². The first-order valence-corrected chi connectivity index (χ1v) is 8.40. The number of carbonyl (C=O) groups is 1. The Balaban J connectivity index is 3.01. The molecule has 0 heterocycles. The van der Waals surface area contributed by atoms with Gasteiger partial charge in [0.05, 0.1) is 10.8 Å². The lowest BCUT2D eigenvalue weighted by molar-refractivity contribution is -0.140. The number of halogens is 2. The van der Waals surface area contributed by atoms with E-state index < -0.39 is 21.9 Å². The third-order valence-corrected chi connectivity index (χ3v) is 5.74. The van der Waals surface area contributed by atoms with E-state index in [1.807, 2.05) is 6.92 Å². The van der Waals surface area contributed by atoms with Crippen LogP contribution in [0.2, 0.25) is 0 Å². The average molecular weight is 415 g/mol. The summed E-state index contributed by atoms with van der Waals surface area (Å²) in [7, 11) is -3.75. The molecule has 0 saturated carbocycles. The van der Waals surface area contributed by atoms with E-state index in [1.54, 1.807) is 6.07 Å². The van der Waals surface area contributed by atoms with E-state index in [1.165, 1.54) is 13.0 Å². The maximum absolute atomic E-state index is 12.1. The second-order valence-electron chi connectivity index (χ2n) is 4.12. The predicted molar refractivity (Wildman–Crippen MR) is 78.6 cm³/mol. The van der Waals surface area contributed by atoms with Crippen molar-refractivity contribution in [3.8, 4) is 0 Å². The van der Waals surface area contributed by atoms with E-state index in [9.17, 15) is 13.2 Å². The van der Waals surface area contributed by atoms with Gasteiger partial charge >= 0.3 is 5.97 Å². The molecule has 0 amide bonds. The largest absolute Gasteiger partial charge is 0.481 e. The first-order valence-electron chi connectivity index (χ1n) is 5.33. The van der Waals surface area contributed by atoms with Gasteiger partial charge in [0.15, 0.2) is 0 Å². The Kier molecular flexibility index (Phi) is 5.54. The maximum Gasteiger partial charge on any atom is 0.307 e. The highest BCUT2D eigenvalue weighted by atomic mass is 79.9. The number of aliphatic carboxylic acids is 1. The average Bonchev–Trinajstić information content (AvgIpc) is 2.30. The molecule has 0 spiro atoms. The van der Waals surface area contributed by atoms with Gasteiger partial charge in [-0.3, -0.25) is 4.79 Å².